The third kappa shape index (κ3) is 6.91. The maximum atomic E-state index is 13.5. The highest BCUT2D eigenvalue weighted by molar-refractivity contribution is 6.08. The first-order chi connectivity index (χ1) is 20.2. The number of hydrogen-bond donors (Lipinski definition) is 0. The number of Topliss-reactive ketones (excluding diaryl/α,β-unsaturated/α-hetero) is 1. The van der Waals surface area contributed by atoms with Crippen molar-refractivity contribution in [2.24, 2.45) is 5.92 Å². The van der Waals surface area contributed by atoms with E-state index in [-0.39, 0.29) is 37.6 Å². The number of ether oxygens (including phenoxy) is 5. The normalized spacial score (nSPS) is 28.9. The van der Waals surface area contributed by atoms with Crippen LogP contribution in [0.2, 0.25) is 0 Å². The summed E-state index contributed by atoms with van der Waals surface area (Å²) in [5, 5.41) is 0. The quantitative estimate of drug-likeness (QED) is 0.115. The summed E-state index contributed by atoms with van der Waals surface area (Å²) < 4.78 is 65.6. The van der Waals surface area contributed by atoms with Crippen molar-refractivity contribution in [2.75, 3.05) is 27.1 Å². The zero-order valence-corrected chi connectivity index (χ0v) is 24.0. The van der Waals surface area contributed by atoms with E-state index in [4.69, 9.17) is 18.9 Å². The number of epoxide rings is 1. The number of aryl methyl sites for hydroxylation is 1. The van der Waals surface area contributed by atoms with Crippen LogP contribution < -0.4 is 4.74 Å². The van der Waals surface area contributed by atoms with Gasteiger partial charge in [-0.15, -0.1) is 0 Å². The number of halogens is 3. The molecule has 1 aromatic rings. The number of methoxy groups -OCH3 is 1. The number of hydrogen-bond acceptors (Lipinski definition) is 6. The predicted octanol–water partition coefficient (Wildman–Crippen LogP) is 6.85. The lowest BCUT2D eigenvalue weighted by Gasteiger charge is -2.41. The lowest BCUT2D eigenvalue weighted by atomic mass is 9.69. The van der Waals surface area contributed by atoms with Crippen LogP contribution in [0.4, 0.5) is 13.2 Å². The van der Waals surface area contributed by atoms with E-state index < -0.39 is 24.0 Å². The summed E-state index contributed by atoms with van der Waals surface area (Å²) >= 11 is 0. The highest BCUT2D eigenvalue weighted by Gasteiger charge is 2.57. The third-order valence-electron chi connectivity index (χ3n) is 8.70. The smallest absolute Gasteiger partial charge is 0.417 e. The first kappa shape index (κ1) is 30.7. The lowest BCUT2D eigenvalue weighted by Crippen LogP contribution is -2.46. The fourth-order valence-corrected chi connectivity index (χ4v) is 6.27. The number of ketones is 1. The van der Waals surface area contributed by atoms with E-state index in [0.717, 1.165) is 36.8 Å². The summed E-state index contributed by atoms with van der Waals surface area (Å²) in [4.78, 5) is 13.5. The van der Waals surface area contributed by atoms with Crippen LogP contribution in [0.1, 0.15) is 60.9 Å². The molecule has 5 atom stereocenters. The fraction of sp³-hybridized carbons (Fsp3) is 0.545. The average molecular weight is 589 g/mol. The van der Waals surface area contributed by atoms with Gasteiger partial charge in [-0.3, -0.25) is 4.79 Å². The van der Waals surface area contributed by atoms with Crippen LogP contribution in [0.15, 0.2) is 66.3 Å². The van der Waals surface area contributed by atoms with E-state index in [1.807, 2.05) is 6.07 Å². The van der Waals surface area contributed by atoms with Gasteiger partial charge in [0.2, 0.25) is 0 Å². The van der Waals surface area contributed by atoms with Gasteiger partial charge >= 0.3 is 6.18 Å². The zero-order valence-electron chi connectivity index (χ0n) is 24.0. The van der Waals surface area contributed by atoms with Crippen LogP contribution in [0, 0.1) is 5.92 Å². The topological polar surface area (TPSA) is 66.5 Å². The fourth-order valence-electron chi connectivity index (χ4n) is 6.27. The molecule has 2 aliphatic carbocycles. The minimum absolute atomic E-state index is 0.00868. The molecule has 4 unspecified atom stereocenters. The van der Waals surface area contributed by atoms with Crippen LogP contribution >= 0.6 is 0 Å². The molecule has 0 bridgehead atoms. The van der Waals surface area contributed by atoms with Crippen molar-refractivity contribution in [3.05, 3.63) is 77.4 Å². The van der Waals surface area contributed by atoms with Crippen molar-refractivity contribution >= 4 is 5.78 Å². The average Bonchev–Trinajstić information content (AvgIpc) is 3.63. The van der Waals surface area contributed by atoms with E-state index in [1.54, 1.807) is 19.2 Å². The van der Waals surface area contributed by atoms with Gasteiger partial charge in [-0.25, -0.2) is 0 Å². The number of rotatable bonds is 12. The van der Waals surface area contributed by atoms with Gasteiger partial charge in [0.1, 0.15) is 18.1 Å². The molecule has 6 nitrogen and oxygen atoms in total. The Morgan fingerprint density at radius 3 is 2.83 bits per heavy atom. The molecule has 0 aromatic heterocycles. The van der Waals surface area contributed by atoms with Gasteiger partial charge in [-0.2, -0.15) is 13.2 Å². The molecule has 5 rings (SSSR count). The number of allylic oxidation sites excluding steroid dienone is 5. The van der Waals surface area contributed by atoms with Crippen LogP contribution in [-0.2, 0) is 25.4 Å². The standard InChI is InChI=1S/C33H39F3O6/c1-22(24-14-16-32(29(20-24)40-21-41-32)26-10-6-4-3-5-7-11-26)30(37)25-13-12-23(28(19-25)38-2)9-8-17-39-18-15-27-31(42-27)33(34,35)36/h3-4,6,10-13,19,24,27,29,31H,1,5,7-9,14-18,20-21H2,2H3/t24?,27-,29?,31?,32?/m0/s1. The number of carbonyl (C=O) groups is 1. The second-order valence-corrected chi connectivity index (χ2v) is 11.3. The Kier molecular flexibility index (Phi) is 9.72. The molecule has 0 spiro atoms. The van der Waals surface area contributed by atoms with E-state index in [1.165, 1.54) is 0 Å². The summed E-state index contributed by atoms with van der Waals surface area (Å²) in [6.45, 7) is 5.08. The van der Waals surface area contributed by atoms with Gasteiger partial charge in [0.25, 0.3) is 0 Å². The van der Waals surface area contributed by atoms with Gasteiger partial charge in [-0.1, -0.05) is 49.1 Å². The molecule has 1 saturated carbocycles. The second-order valence-electron chi connectivity index (χ2n) is 11.3. The maximum Gasteiger partial charge on any atom is 0.417 e. The number of alkyl halides is 3. The molecule has 42 heavy (non-hydrogen) atoms. The van der Waals surface area contributed by atoms with Crippen molar-refractivity contribution in [3.63, 3.8) is 0 Å². The van der Waals surface area contributed by atoms with Crippen molar-refractivity contribution < 1.29 is 41.7 Å². The molecular formula is C33H39F3O6. The van der Waals surface area contributed by atoms with Gasteiger partial charge in [0.05, 0.1) is 19.3 Å². The number of carbonyl (C=O) groups excluding carboxylic acids is 1. The lowest BCUT2D eigenvalue weighted by molar-refractivity contribution is -0.146. The Bertz CT molecular complexity index is 1230. The summed E-state index contributed by atoms with van der Waals surface area (Å²) in [7, 11) is 1.57. The molecule has 2 aliphatic heterocycles. The largest absolute Gasteiger partial charge is 0.496 e. The van der Waals surface area contributed by atoms with E-state index in [0.29, 0.717) is 42.8 Å². The highest BCUT2D eigenvalue weighted by atomic mass is 19.4. The molecule has 0 radical (unpaired) electrons. The second kappa shape index (κ2) is 13.3. The highest BCUT2D eigenvalue weighted by Crippen LogP contribution is 2.48. The molecule has 4 aliphatic rings. The van der Waals surface area contributed by atoms with Gasteiger partial charge < -0.3 is 23.7 Å². The Morgan fingerprint density at radius 1 is 1.19 bits per heavy atom. The molecule has 3 fully saturated rings. The minimum atomic E-state index is -4.30. The van der Waals surface area contributed by atoms with E-state index in [9.17, 15) is 18.0 Å². The molecule has 0 N–H and O–H groups in total. The first-order valence-corrected chi connectivity index (χ1v) is 14.7. The van der Waals surface area contributed by atoms with Crippen molar-refractivity contribution in [1.29, 1.82) is 0 Å². The van der Waals surface area contributed by atoms with Crippen LogP contribution in [0.25, 0.3) is 0 Å². The van der Waals surface area contributed by atoms with Crippen LogP contribution in [0.5, 0.6) is 5.75 Å². The van der Waals surface area contributed by atoms with Gasteiger partial charge in [0.15, 0.2) is 11.9 Å². The Morgan fingerprint density at radius 2 is 2.05 bits per heavy atom. The zero-order chi connectivity index (χ0) is 29.7. The maximum absolute atomic E-state index is 13.5. The Balaban J connectivity index is 1.12. The molecule has 0 amide bonds. The van der Waals surface area contributed by atoms with Crippen molar-refractivity contribution in [3.8, 4) is 5.75 Å². The summed E-state index contributed by atoms with van der Waals surface area (Å²) in [5.41, 5.74) is 2.70. The molecular weight excluding hydrogens is 549 g/mol. The molecule has 2 saturated heterocycles. The number of fused-ring (bicyclic) bond motifs is 1. The summed E-state index contributed by atoms with van der Waals surface area (Å²) in [6.07, 6.45) is 9.45. The van der Waals surface area contributed by atoms with Crippen LogP contribution in [-0.4, -0.2) is 63.0 Å². The monoisotopic (exact) mass is 588 g/mol. The minimum Gasteiger partial charge on any atom is -0.496 e. The molecule has 2 heterocycles. The third-order valence-corrected chi connectivity index (χ3v) is 8.70. The van der Waals surface area contributed by atoms with E-state index in [2.05, 4.69) is 41.7 Å². The molecule has 9 heteroatoms. The van der Waals surface area contributed by atoms with Crippen molar-refractivity contribution in [2.45, 2.75) is 81.5 Å². The molecule has 228 valence electrons. The predicted molar refractivity (Wildman–Crippen MR) is 151 cm³/mol. The summed E-state index contributed by atoms with van der Waals surface area (Å²) in [6, 6.07) is 5.44. The van der Waals surface area contributed by atoms with E-state index >= 15 is 0 Å². The molecule has 1 aromatic carbocycles. The SMILES string of the molecule is C=C(C(=O)c1ccc(CCCOCC[C@@H]2OC2C(F)(F)F)c(OC)c1)C1CCC2(C3=CCCC=CC=C3)OCOC2C1. The Hall–Kier alpha value is -2.72. The van der Waals surface area contributed by atoms with Crippen molar-refractivity contribution in [1.82, 2.24) is 0 Å². The van der Waals surface area contributed by atoms with Gasteiger partial charge in [0, 0.05) is 18.8 Å². The van der Waals surface area contributed by atoms with Crippen LogP contribution in [0.3, 0.4) is 0 Å². The Labute approximate surface area is 245 Å². The van der Waals surface area contributed by atoms with Gasteiger partial charge in [-0.05, 0) is 80.1 Å². The first-order valence-electron chi connectivity index (χ1n) is 14.7. The summed E-state index contributed by atoms with van der Waals surface area (Å²) in [5.74, 6) is 0.500. The number of benzene rings is 1.